The van der Waals surface area contributed by atoms with E-state index in [1.54, 1.807) is 0 Å². The molecule has 3 nitrogen and oxygen atoms in total. The summed E-state index contributed by atoms with van der Waals surface area (Å²) < 4.78 is 2.14. The Morgan fingerprint density at radius 3 is 2.37 bits per heavy atom. The lowest BCUT2D eigenvalue weighted by Gasteiger charge is -2.20. The summed E-state index contributed by atoms with van der Waals surface area (Å²) >= 11 is 0. The SMILES string of the molecule is C[C@@H]1CC[C@H](C)CC(NC(=O)c2ccc3ccn(-c4ccccc4)c3c2)C1. The van der Waals surface area contributed by atoms with E-state index in [9.17, 15) is 4.79 Å². The summed E-state index contributed by atoms with van der Waals surface area (Å²) in [6.45, 7) is 4.60. The normalized spacial score (nSPS) is 23.1. The van der Waals surface area contributed by atoms with Crippen molar-refractivity contribution in [1.82, 2.24) is 9.88 Å². The van der Waals surface area contributed by atoms with Gasteiger partial charge in [0.15, 0.2) is 0 Å². The Balaban J connectivity index is 1.59. The highest BCUT2D eigenvalue weighted by molar-refractivity contribution is 5.98. The second-order valence-corrected chi connectivity index (χ2v) is 8.22. The number of nitrogens with one attached hydrogen (secondary N) is 1. The van der Waals surface area contributed by atoms with Gasteiger partial charge in [-0.2, -0.15) is 0 Å². The molecular weight excluding hydrogens is 332 g/mol. The van der Waals surface area contributed by atoms with Crippen molar-refractivity contribution >= 4 is 16.8 Å². The number of fused-ring (bicyclic) bond motifs is 1. The average Bonchev–Trinajstić information content (AvgIpc) is 3.02. The van der Waals surface area contributed by atoms with Crippen molar-refractivity contribution in [1.29, 1.82) is 0 Å². The molecule has 1 saturated carbocycles. The van der Waals surface area contributed by atoms with Crippen LogP contribution in [0.4, 0.5) is 0 Å². The molecule has 140 valence electrons. The van der Waals surface area contributed by atoms with Gasteiger partial charge in [-0.15, -0.1) is 0 Å². The first-order chi connectivity index (χ1) is 13.1. The highest BCUT2D eigenvalue weighted by Crippen LogP contribution is 2.27. The van der Waals surface area contributed by atoms with Crippen LogP contribution in [0.2, 0.25) is 0 Å². The van der Waals surface area contributed by atoms with Crippen LogP contribution in [-0.4, -0.2) is 16.5 Å². The fourth-order valence-electron chi connectivity index (χ4n) is 4.34. The van der Waals surface area contributed by atoms with Crippen LogP contribution in [-0.2, 0) is 0 Å². The maximum absolute atomic E-state index is 12.9. The minimum atomic E-state index is 0.0454. The molecule has 0 saturated heterocycles. The molecule has 1 fully saturated rings. The zero-order valence-corrected chi connectivity index (χ0v) is 16.2. The van der Waals surface area contributed by atoms with E-state index in [-0.39, 0.29) is 11.9 Å². The molecule has 1 aliphatic rings. The lowest BCUT2D eigenvalue weighted by Crippen LogP contribution is -2.36. The highest BCUT2D eigenvalue weighted by atomic mass is 16.1. The van der Waals surface area contributed by atoms with E-state index in [4.69, 9.17) is 0 Å². The predicted octanol–water partition coefficient (Wildman–Crippen LogP) is 5.58. The van der Waals surface area contributed by atoms with Gasteiger partial charge in [0.1, 0.15) is 0 Å². The molecular formula is C24H28N2O. The molecule has 0 aliphatic heterocycles. The number of nitrogens with zero attached hydrogens (tertiary/aromatic N) is 1. The Bertz CT molecular complexity index is 916. The molecule has 1 amide bonds. The summed E-state index contributed by atoms with van der Waals surface area (Å²) in [6, 6.07) is 18.6. The van der Waals surface area contributed by atoms with E-state index in [0.29, 0.717) is 11.8 Å². The van der Waals surface area contributed by atoms with E-state index in [1.807, 2.05) is 36.4 Å². The van der Waals surface area contributed by atoms with Gasteiger partial charge in [-0.05, 0) is 60.4 Å². The number of para-hydroxylation sites is 1. The predicted molar refractivity (Wildman–Crippen MR) is 111 cm³/mol. The van der Waals surface area contributed by atoms with Crippen molar-refractivity contribution in [2.75, 3.05) is 0 Å². The van der Waals surface area contributed by atoms with Crippen molar-refractivity contribution in [3.05, 3.63) is 66.4 Å². The number of amides is 1. The molecule has 0 bridgehead atoms. The number of hydrogen-bond donors (Lipinski definition) is 1. The van der Waals surface area contributed by atoms with Crippen LogP contribution in [0.1, 0.15) is 49.9 Å². The summed E-state index contributed by atoms with van der Waals surface area (Å²) in [5.41, 5.74) is 2.91. The van der Waals surface area contributed by atoms with Gasteiger partial charge in [0.05, 0.1) is 5.52 Å². The number of carbonyl (C=O) groups is 1. The smallest absolute Gasteiger partial charge is 0.251 e. The lowest BCUT2D eigenvalue weighted by atomic mass is 9.99. The van der Waals surface area contributed by atoms with Gasteiger partial charge in [-0.25, -0.2) is 0 Å². The molecule has 1 N–H and O–H groups in total. The van der Waals surface area contributed by atoms with E-state index in [0.717, 1.165) is 35.0 Å². The van der Waals surface area contributed by atoms with Crippen LogP contribution in [0.3, 0.4) is 0 Å². The largest absolute Gasteiger partial charge is 0.349 e. The lowest BCUT2D eigenvalue weighted by molar-refractivity contribution is 0.0929. The van der Waals surface area contributed by atoms with Gasteiger partial charge >= 0.3 is 0 Å². The quantitative estimate of drug-likeness (QED) is 0.608. The first-order valence-corrected chi connectivity index (χ1v) is 10.1. The summed E-state index contributed by atoms with van der Waals surface area (Å²) in [5.74, 6) is 1.40. The Morgan fingerprint density at radius 1 is 0.963 bits per heavy atom. The first kappa shape index (κ1) is 17.8. The molecule has 1 aromatic heterocycles. The average molecular weight is 361 g/mol. The van der Waals surface area contributed by atoms with E-state index >= 15 is 0 Å². The van der Waals surface area contributed by atoms with Gasteiger partial charge in [0.25, 0.3) is 5.91 Å². The third kappa shape index (κ3) is 3.92. The summed E-state index contributed by atoms with van der Waals surface area (Å²) in [5, 5.41) is 4.45. The third-order valence-corrected chi connectivity index (χ3v) is 5.85. The van der Waals surface area contributed by atoms with E-state index in [2.05, 4.69) is 48.1 Å². The van der Waals surface area contributed by atoms with Crippen LogP contribution < -0.4 is 5.32 Å². The zero-order chi connectivity index (χ0) is 18.8. The Kier molecular flexibility index (Phi) is 5.02. The number of hydrogen-bond acceptors (Lipinski definition) is 1. The third-order valence-electron chi connectivity index (χ3n) is 5.85. The summed E-state index contributed by atoms with van der Waals surface area (Å²) in [4.78, 5) is 12.9. The molecule has 3 atom stereocenters. The fraction of sp³-hybridized carbons (Fsp3) is 0.375. The zero-order valence-electron chi connectivity index (χ0n) is 16.2. The monoisotopic (exact) mass is 360 g/mol. The van der Waals surface area contributed by atoms with Crippen molar-refractivity contribution < 1.29 is 4.79 Å². The molecule has 1 unspecified atom stereocenters. The summed E-state index contributed by atoms with van der Waals surface area (Å²) in [6.07, 6.45) is 6.77. The van der Waals surface area contributed by atoms with Crippen LogP contribution in [0.5, 0.6) is 0 Å². The second kappa shape index (κ2) is 7.59. The molecule has 3 aromatic rings. The molecule has 0 spiro atoms. The van der Waals surface area contributed by atoms with Gasteiger partial charge in [-0.3, -0.25) is 4.79 Å². The van der Waals surface area contributed by atoms with Crippen LogP contribution in [0, 0.1) is 11.8 Å². The fourth-order valence-corrected chi connectivity index (χ4v) is 4.34. The van der Waals surface area contributed by atoms with Gasteiger partial charge in [-0.1, -0.05) is 51.0 Å². The second-order valence-electron chi connectivity index (χ2n) is 8.22. The molecule has 27 heavy (non-hydrogen) atoms. The van der Waals surface area contributed by atoms with Crippen molar-refractivity contribution in [2.24, 2.45) is 11.8 Å². The highest BCUT2D eigenvalue weighted by Gasteiger charge is 2.23. The minimum absolute atomic E-state index is 0.0454. The Hall–Kier alpha value is -2.55. The van der Waals surface area contributed by atoms with E-state index < -0.39 is 0 Å². The Labute approximate surface area is 161 Å². The molecule has 1 aliphatic carbocycles. The molecule has 1 heterocycles. The molecule has 4 rings (SSSR count). The standard InChI is InChI=1S/C24H28N2O/c1-17-8-9-18(2)15-21(14-17)25-24(27)20-11-10-19-12-13-26(23(19)16-20)22-6-4-3-5-7-22/h3-7,10-13,16-18,21H,8-9,14-15H2,1-2H3,(H,25,27)/t17-,18+,21?. The molecule has 3 heteroatoms. The van der Waals surface area contributed by atoms with Crippen LogP contribution in [0.25, 0.3) is 16.6 Å². The van der Waals surface area contributed by atoms with Gasteiger partial charge in [0, 0.05) is 23.5 Å². The topological polar surface area (TPSA) is 34.0 Å². The van der Waals surface area contributed by atoms with Crippen LogP contribution in [0.15, 0.2) is 60.8 Å². The Morgan fingerprint density at radius 2 is 1.67 bits per heavy atom. The minimum Gasteiger partial charge on any atom is -0.349 e. The number of benzene rings is 2. The van der Waals surface area contributed by atoms with Crippen LogP contribution >= 0.6 is 0 Å². The van der Waals surface area contributed by atoms with Crippen molar-refractivity contribution in [3.8, 4) is 5.69 Å². The number of aromatic nitrogens is 1. The van der Waals surface area contributed by atoms with Crippen molar-refractivity contribution in [2.45, 2.75) is 45.6 Å². The number of rotatable bonds is 3. The van der Waals surface area contributed by atoms with Gasteiger partial charge < -0.3 is 9.88 Å². The first-order valence-electron chi connectivity index (χ1n) is 10.1. The molecule has 2 aromatic carbocycles. The number of carbonyl (C=O) groups excluding carboxylic acids is 1. The van der Waals surface area contributed by atoms with Gasteiger partial charge in [0.2, 0.25) is 0 Å². The maximum atomic E-state index is 12.9. The molecule has 0 radical (unpaired) electrons. The van der Waals surface area contributed by atoms with E-state index in [1.165, 1.54) is 12.8 Å². The summed E-state index contributed by atoms with van der Waals surface area (Å²) in [7, 11) is 0. The maximum Gasteiger partial charge on any atom is 0.251 e. The van der Waals surface area contributed by atoms with Crippen molar-refractivity contribution in [3.63, 3.8) is 0 Å².